The van der Waals surface area contributed by atoms with Crippen molar-refractivity contribution in [2.45, 2.75) is 6.61 Å². The normalized spacial score (nSPS) is 13.7. The van der Waals surface area contributed by atoms with Gasteiger partial charge in [0.05, 0.1) is 18.2 Å². The molecule has 3 aromatic rings. The number of nitrogens with zero attached hydrogens (tertiary/aromatic N) is 1. The van der Waals surface area contributed by atoms with Gasteiger partial charge < -0.3 is 14.2 Å². The molecule has 1 aliphatic rings. The summed E-state index contributed by atoms with van der Waals surface area (Å²) in [5.41, 5.74) is 2.71. The zero-order chi connectivity index (χ0) is 20.2. The molecule has 0 bridgehead atoms. The second-order valence-corrected chi connectivity index (χ2v) is 6.36. The molecule has 0 unspecified atom stereocenters. The standard InChI is InChI=1S/C23H17NO5/c1-27-23(26)17-4-2-16(3-5-17)14-28-18-6-7-19-20(13-18)29-21(22(19)25)12-15-8-10-24-11-9-15/h2-13H,14H2,1H3/b21-12-. The Kier molecular flexibility index (Phi) is 5.07. The number of Topliss-reactive ketones (excluding diaryl/α,β-unsaturated/α-hetero) is 1. The molecule has 0 N–H and O–H groups in total. The van der Waals surface area contributed by atoms with Crippen molar-refractivity contribution in [3.63, 3.8) is 0 Å². The number of fused-ring (bicyclic) bond motifs is 1. The molecular formula is C23H17NO5. The van der Waals surface area contributed by atoms with Crippen LogP contribution in [0.25, 0.3) is 6.08 Å². The number of carbonyl (C=O) groups excluding carboxylic acids is 2. The van der Waals surface area contributed by atoms with Crippen LogP contribution >= 0.6 is 0 Å². The van der Waals surface area contributed by atoms with Gasteiger partial charge >= 0.3 is 5.97 Å². The molecule has 6 nitrogen and oxygen atoms in total. The van der Waals surface area contributed by atoms with Gasteiger partial charge in [0.25, 0.3) is 0 Å². The molecule has 0 fully saturated rings. The number of benzene rings is 2. The minimum atomic E-state index is -0.381. The Balaban J connectivity index is 1.45. The van der Waals surface area contributed by atoms with Gasteiger partial charge in [0, 0.05) is 18.5 Å². The fourth-order valence-corrected chi connectivity index (χ4v) is 2.89. The van der Waals surface area contributed by atoms with Crippen molar-refractivity contribution in [2.24, 2.45) is 0 Å². The van der Waals surface area contributed by atoms with Crippen molar-refractivity contribution < 1.29 is 23.8 Å². The first-order valence-corrected chi connectivity index (χ1v) is 8.92. The van der Waals surface area contributed by atoms with Gasteiger partial charge in [-0.05, 0) is 53.6 Å². The highest BCUT2D eigenvalue weighted by Gasteiger charge is 2.27. The fraction of sp³-hybridized carbons (Fsp3) is 0.0870. The Morgan fingerprint density at radius 1 is 1.07 bits per heavy atom. The fourth-order valence-electron chi connectivity index (χ4n) is 2.89. The monoisotopic (exact) mass is 387 g/mol. The second kappa shape index (κ2) is 7.98. The third-order valence-electron chi connectivity index (χ3n) is 4.43. The predicted octanol–water partition coefficient (Wildman–Crippen LogP) is 4.06. The van der Waals surface area contributed by atoms with Crippen LogP contribution in [0.4, 0.5) is 0 Å². The van der Waals surface area contributed by atoms with Crippen molar-refractivity contribution in [1.29, 1.82) is 0 Å². The highest BCUT2D eigenvalue weighted by molar-refractivity contribution is 6.14. The number of ether oxygens (including phenoxy) is 3. The first-order valence-electron chi connectivity index (χ1n) is 8.92. The van der Waals surface area contributed by atoms with Crippen LogP contribution in [-0.4, -0.2) is 23.8 Å². The SMILES string of the molecule is COC(=O)c1ccc(COc2ccc3c(c2)O/C(=C\c2ccncc2)C3=O)cc1. The zero-order valence-electron chi connectivity index (χ0n) is 15.6. The first-order chi connectivity index (χ1) is 14.1. The third-order valence-corrected chi connectivity index (χ3v) is 4.43. The smallest absolute Gasteiger partial charge is 0.337 e. The van der Waals surface area contributed by atoms with Gasteiger partial charge in [-0.2, -0.15) is 0 Å². The summed E-state index contributed by atoms with van der Waals surface area (Å²) in [6.45, 7) is 0.313. The molecule has 1 aliphatic heterocycles. The topological polar surface area (TPSA) is 74.7 Å². The summed E-state index contributed by atoms with van der Waals surface area (Å²) in [6, 6.07) is 15.7. The molecule has 29 heavy (non-hydrogen) atoms. The molecule has 2 aromatic carbocycles. The maximum Gasteiger partial charge on any atom is 0.337 e. The Morgan fingerprint density at radius 3 is 2.55 bits per heavy atom. The van der Waals surface area contributed by atoms with Gasteiger partial charge in [0.15, 0.2) is 5.76 Å². The van der Waals surface area contributed by atoms with E-state index in [0.29, 0.717) is 29.2 Å². The number of carbonyl (C=O) groups is 2. The molecule has 0 radical (unpaired) electrons. The van der Waals surface area contributed by atoms with E-state index in [9.17, 15) is 9.59 Å². The third kappa shape index (κ3) is 4.01. The molecule has 0 aliphatic carbocycles. The average molecular weight is 387 g/mol. The van der Waals surface area contributed by atoms with E-state index in [0.717, 1.165) is 11.1 Å². The summed E-state index contributed by atoms with van der Waals surface area (Å²) in [6.07, 6.45) is 5.00. The van der Waals surface area contributed by atoms with Crippen LogP contribution in [0, 0.1) is 0 Å². The number of hydrogen-bond donors (Lipinski definition) is 0. The lowest BCUT2D eigenvalue weighted by atomic mass is 10.1. The van der Waals surface area contributed by atoms with Gasteiger partial charge in [0.1, 0.15) is 18.1 Å². The van der Waals surface area contributed by atoms with Crippen molar-refractivity contribution in [1.82, 2.24) is 4.98 Å². The molecule has 2 heterocycles. The van der Waals surface area contributed by atoms with E-state index in [2.05, 4.69) is 9.72 Å². The molecule has 6 heteroatoms. The number of hydrogen-bond acceptors (Lipinski definition) is 6. The zero-order valence-corrected chi connectivity index (χ0v) is 15.6. The molecule has 0 spiro atoms. The van der Waals surface area contributed by atoms with Crippen LogP contribution in [0.1, 0.15) is 31.8 Å². The van der Waals surface area contributed by atoms with Crippen LogP contribution in [0.15, 0.2) is 72.8 Å². The summed E-state index contributed by atoms with van der Waals surface area (Å²) in [4.78, 5) is 28.0. The van der Waals surface area contributed by atoms with E-state index in [1.807, 2.05) is 0 Å². The summed E-state index contributed by atoms with van der Waals surface area (Å²) >= 11 is 0. The van der Waals surface area contributed by atoms with E-state index in [1.165, 1.54) is 7.11 Å². The van der Waals surface area contributed by atoms with Crippen LogP contribution in [0.5, 0.6) is 11.5 Å². The van der Waals surface area contributed by atoms with Gasteiger partial charge in [-0.25, -0.2) is 4.79 Å². The second-order valence-electron chi connectivity index (χ2n) is 6.36. The van der Waals surface area contributed by atoms with Gasteiger partial charge in [-0.15, -0.1) is 0 Å². The van der Waals surface area contributed by atoms with E-state index < -0.39 is 0 Å². The van der Waals surface area contributed by atoms with Crippen LogP contribution in [-0.2, 0) is 11.3 Å². The lowest BCUT2D eigenvalue weighted by Gasteiger charge is -2.08. The molecule has 0 atom stereocenters. The number of rotatable bonds is 5. The minimum Gasteiger partial charge on any atom is -0.489 e. The van der Waals surface area contributed by atoms with E-state index >= 15 is 0 Å². The number of methoxy groups -OCH3 is 1. The molecular weight excluding hydrogens is 370 g/mol. The van der Waals surface area contributed by atoms with E-state index in [-0.39, 0.29) is 17.5 Å². The summed E-state index contributed by atoms with van der Waals surface area (Å²) in [5, 5.41) is 0. The van der Waals surface area contributed by atoms with Crippen LogP contribution < -0.4 is 9.47 Å². The highest BCUT2D eigenvalue weighted by atomic mass is 16.5. The molecule has 0 saturated heterocycles. The average Bonchev–Trinajstić information content (AvgIpc) is 3.07. The summed E-state index contributed by atoms with van der Waals surface area (Å²) in [7, 11) is 1.34. The number of aromatic nitrogens is 1. The summed E-state index contributed by atoms with van der Waals surface area (Å²) < 4.78 is 16.2. The summed E-state index contributed by atoms with van der Waals surface area (Å²) in [5.74, 6) is 0.768. The largest absolute Gasteiger partial charge is 0.489 e. The Bertz CT molecular complexity index is 1090. The van der Waals surface area contributed by atoms with E-state index in [1.54, 1.807) is 73.1 Å². The predicted molar refractivity (Wildman–Crippen MR) is 106 cm³/mol. The van der Waals surface area contributed by atoms with Crippen LogP contribution in [0.2, 0.25) is 0 Å². The maximum absolute atomic E-state index is 12.5. The Labute approximate surface area is 167 Å². The van der Waals surface area contributed by atoms with Crippen molar-refractivity contribution in [3.8, 4) is 11.5 Å². The lowest BCUT2D eigenvalue weighted by Crippen LogP contribution is -2.02. The first kappa shape index (κ1) is 18.4. The molecule has 144 valence electrons. The van der Waals surface area contributed by atoms with Gasteiger partial charge in [-0.1, -0.05) is 12.1 Å². The van der Waals surface area contributed by atoms with Gasteiger partial charge in [-0.3, -0.25) is 9.78 Å². The number of esters is 1. The maximum atomic E-state index is 12.5. The molecule has 1 aromatic heterocycles. The number of pyridine rings is 1. The van der Waals surface area contributed by atoms with Crippen molar-refractivity contribution >= 4 is 17.8 Å². The lowest BCUT2D eigenvalue weighted by molar-refractivity contribution is 0.0600. The number of ketones is 1. The highest BCUT2D eigenvalue weighted by Crippen LogP contribution is 2.35. The van der Waals surface area contributed by atoms with Gasteiger partial charge in [0.2, 0.25) is 5.78 Å². The quantitative estimate of drug-likeness (QED) is 0.485. The van der Waals surface area contributed by atoms with E-state index in [4.69, 9.17) is 9.47 Å². The minimum absolute atomic E-state index is 0.165. The number of allylic oxidation sites excluding steroid dienone is 1. The Morgan fingerprint density at radius 2 is 1.83 bits per heavy atom. The van der Waals surface area contributed by atoms with Crippen molar-refractivity contribution in [3.05, 3.63) is 95.0 Å². The molecule has 4 rings (SSSR count). The van der Waals surface area contributed by atoms with Crippen LogP contribution in [0.3, 0.4) is 0 Å². The van der Waals surface area contributed by atoms with Crippen molar-refractivity contribution in [2.75, 3.05) is 7.11 Å². The molecule has 0 amide bonds. The Hall–Kier alpha value is -3.93. The molecule has 0 saturated carbocycles.